The number of rotatable bonds is 4. The summed E-state index contributed by atoms with van der Waals surface area (Å²) >= 11 is 5.72. The van der Waals surface area contributed by atoms with Gasteiger partial charge < -0.3 is 4.74 Å². The Bertz CT molecular complexity index is 688. The highest BCUT2D eigenvalue weighted by Crippen LogP contribution is 2.27. The monoisotopic (exact) mass is 309 g/mol. The standard InChI is InChI=1S/C14H9ClFNO4/c15-10-3-1-9(2-4-10)7-14(18)21-13-8-11(16)5-6-12(13)17(19)20/h1-6,8H,7H2. The number of carbonyl (C=O) groups excluding carboxylic acids is 1. The van der Waals surface area contributed by atoms with Crippen molar-refractivity contribution in [2.45, 2.75) is 6.42 Å². The minimum atomic E-state index is -0.746. The second-order valence-electron chi connectivity index (χ2n) is 4.15. The van der Waals surface area contributed by atoms with Crippen LogP contribution in [0, 0.1) is 15.9 Å². The lowest BCUT2D eigenvalue weighted by Gasteiger charge is -2.05. The zero-order chi connectivity index (χ0) is 15.4. The molecular weight excluding hydrogens is 301 g/mol. The fourth-order valence-electron chi connectivity index (χ4n) is 1.65. The predicted octanol–water partition coefficient (Wildman–Crippen LogP) is 3.54. The topological polar surface area (TPSA) is 69.4 Å². The van der Waals surface area contributed by atoms with Gasteiger partial charge in [0, 0.05) is 17.2 Å². The van der Waals surface area contributed by atoms with E-state index in [0.29, 0.717) is 10.6 Å². The van der Waals surface area contributed by atoms with Crippen molar-refractivity contribution in [2.24, 2.45) is 0 Å². The SMILES string of the molecule is O=C(Cc1ccc(Cl)cc1)Oc1cc(F)ccc1[N+](=O)[O-]. The highest BCUT2D eigenvalue weighted by molar-refractivity contribution is 6.30. The van der Waals surface area contributed by atoms with Crippen LogP contribution in [-0.4, -0.2) is 10.9 Å². The van der Waals surface area contributed by atoms with Crippen molar-refractivity contribution in [3.63, 3.8) is 0 Å². The molecule has 0 spiro atoms. The van der Waals surface area contributed by atoms with Crippen LogP contribution >= 0.6 is 11.6 Å². The third-order valence-electron chi connectivity index (χ3n) is 2.60. The van der Waals surface area contributed by atoms with Gasteiger partial charge in [0.2, 0.25) is 5.75 Å². The van der Waals surface area contributed by atoms with Crippen LogP contribution in [0.25, 0.3) is 0 Å². The Morgan fingerprint density at radius 3 is 2.52 bits per heavy atom. The normalized spacial score (nSPS) is 10.2. The van der Waals surface area contributed by atoms with E-state index in [1.54, 1.807) is 24.3 Å². The Kier molecular flexibility index (Phi) is 4.49. The summed E-state index contributed by atoms with van der Waals surface area (Å²) in [4.78, 5) is 21.8. The predicted molar refractivity (Wildman–Crippen MR) is 73.8 cm³/mol. The fourth-order valence-corrected chi connectivity index (χ4v) is 1.77. The average molecular weight is 310 g/mol. The van der Waals surface area contributed by atoms with Gasteiger partial charge in [-0.1, -0.05) is 23.7 Å². The maximum atomic E-state index is 13.1. The van der Waals surface area contributed by atoms with Crippen LogP contribution < -0.4 is 4.74 Å². The van der Waals surface area contributed by atoms with Gasteiger partial charge in [-0.15, -0.1) is 0 Å². The highest BCUT2D eigenvalue weighted by Gasteiger charge is 2.19. The lowest BCUT2D eigenvalue weighted by Crippen LogP contribution is -2.12. The first-order chi connectivity index (χ1) is 9.95. The first-order valence-corrected chi connectivity index (χ1v) is 6.22. The number of benzene rings is 2. The van der Waals surface area contributed by atoms with E-state index < -0.39 is 28.1 Å². The average Bonchev–Trinajstić information content (AvgIpc) is 2.41. The second kappa shape index (κ2) is 6.32. The Morgan fingerprint density at radius 2 is 1.90 bits per heavy atom. The van der Waals surface area contributed by atoms with E-state index in [1.807, 2.05) is 0 Å². The molecule has 0 aliphatic heterocycles. The summed E-state index contributed by atoms with van der Waals surface area (Å²) in [5, 5.41) is 11.3. The van der Waals surface area contributed by atoms with Gasteiger partial charge in [-0.05, 0) is 23.8 Å². The van der Waals surface area contributed by atoms with Gasteiger partial charge in [0.05, 0.1) is 11.3 Å². The molecule has 0 aliphatic rings. The van der Waals surface area contributed by atoms with Crippen molar-refractivity contribution in [3.05, 3.63) is 69.0 Å². The summed E-state index contributed by atoms with van der Waals surface area (Å²) in [7, 11) is 0. The fraction of sp³-hybridized carbons (Fsp3) is 0.0714. The van der Waals surface area contributed by atoms with E-state index in [-0.39, 0.29) is 6.42 Å². The van der Waals surface area contributed by atoms with Crippen LogP contribution in [0.2, 0.25) is 5.02 Å². The molecule has 108 valence electrons. The van der Waals surface area contributed by atoms with E-state index in [2.05, 4.69) is 0 Å². The number of ether oxygens (including phenoxy) is 1. The number of nitro groups is 1. The number of carbonyl (C=O) groups is 1. The van der Waals surface area contributed by atoms with E-state index in [0.717, 1.165) is 18.2 Å². The third kappa shape index (κ3) is 4.00. The second-order valence-corrected chi connectivity index (χ2v) is 4.58. The van der Waals surface area contributed by atoms with Gasteiger partial charge in [0.1, 0.15) is 5.82 Å². The number of nitro benzene ring substituents is 1. The molecule has 2 rings (SSSR count). The molecule has 0 saturated carbocycles. The van der Waals surface area contributed by atoms with Crippen molar-refractivity contribution in [2.75, 3.05) is 0 Å². The molecule has 0 saturated heterocycles. The van der Waals surface area contributed by atoms with E-state index in [1.165, 1.54) is 0 Å². The largest absolute Gasteiger partial charge is 0.419 e. The Labute approximate surface area is 124 Å². The lowest BCUT2D eigenvalue weighted by molar-refractivity contribution is -0.385. The summed E-state index contributed by atoms with van der Waals surface area (Å²) < 4.78 is 18.0. The van der Waals surface area contributed by atoms with Crippen molar-refractivity contribution >= 4 is 23.3 Å². The molecule has 2 aromatic carbocycles. The minimum Gasteiger partial charge on any atom is -0.419 e. The molecule has 7 heteroatoms. The summed E-state index contributed by atoms with van der Waals surface area (Å²) in [6.45, 7) is 0. The molecule has 0 unspecified atom stereocenters. The summed E-state index contributed by atoms with van der Waals surface area (Å²) in [6.07, 6.45) is -0.106. The number of halogens is 2. The minimum absolute atomic E-state index is 0.106. The van der Waals surface area contributed by atoms with Crippen LogP contribution in [0.15, 0.2) is 42.5 Å². The van der Waals surface area contributed by atoms with Gasteiger partial charge in [-0.2, -0.15) is 0 Å². The molecule has 0 heterocycles. The van der Waals surface area contributed by atoms with E-state index in [9.17, 15) is 19.3 Å². The summed E-state index contributed by atoms with van der Waals surface area (Å²) in [5.74, 6) is -1.88. The molecule has 21 heavy (non-hydrogen) atoms. The van der Waals surface area contributed by atoms with Gasteiger partial charge in [-0.3, -0.25) is 14.9 Å². The van der Waals surface area contributed by atoms with E-state index >= 15 is 0 Å². The molecule has 0 bridgehead atoms. The van der Waals surface area contributed by atoms with Crippen molar-refractivity contribution in [1.29, 1.82) is 0 Å². The molecule has 5 nitrogen and oxygen atoms in total. The zero-order valence-electron chi connectivity index (χ0n) is 10.6. The van der Waals surface area contributed by atoms with Gasteiger partial charge >= 0.3 is 11.7 Å². The molecule has 2 aromatic rings. The van der Waals surface area contributed by atoms with Crippen LogP contribution in [0.1, 0.15) is 5.56 Å². The molecule has 0 radical (unpaired) electrons. The molecule has 0 N–H and O–H groups in total. The van der Waals surface area contributed by atoms with Gasteiger partial charge in [-0.25, -0.2) is 4.39 Å². The third-order valence-corrected chi connectivity index (χ3v) is 2.86. The molecular formula is C14H9ClFNO4. The number of esters is 1. The summed E-state index contributed by atoms with van der Waals surface area (Å²) in [5.41, 5.74) is 0.157. The molecule has 0 aliphatic carbocycles. The maximum absolute atomic E-state index is 13.1. The quantitative estimate of drug-likeness (QED) is 0.375. The maximum Gasteiger partial charge on any atom is 0.315 e. The van der Waals surface area contributed by atoms with Crippen LogP contribution in [0.4, 0.5) is 10.1 Å². The Morgan fingerprint density at radius 1 is 1.24 bits per heavy atom. The van der Waals surface area contributed by atoms with E-state index in [4.69, 9.17) is 16.3 Å². The molecule has 0 amide bonds. The Hall–Kier alpha value is -2.47. The molecule has 0 atom stereocenters. The van der Waals surface area contributed by atoms with Gasteiger partial charge in [0.25, 0.3) is 0 Å². The summed E-state index contributed by atoms with van der Waals surface area (Å²) in [6, 6.07) is 9.14. The van der Waals surface area contributed by atoms with Gasteiger partial charge in [0.15, 0.2) is 0 Å². The van der Waals surface area contributed by atoms with Crippen LogP contribution in [0.3, 0.4) is 0 Å². The van der Waals surface area contributed by atoms with Crippen molar-refractivity contribution < 1.29 is 18.8 Å². The number of nitrogens with zero attached hydrogens (tertiary/aromatic N) is 1. The van der Waals surface area contributed by atoms with Crippen molar-refractivity contribution in [1.82, 2.24) is 0 Å². The first kappa shape index (κ1) is 14.9. The van der Waals surface area contributed by atoms with Crippen LogP contribution in [0.5, 0.6) is 5.75 Å². The molecule has 0 fully saturated rings. The smallest absolute Gasteiger partial charge is 0.315 e. The lowest BCUT2D eigenvalue weighted by atomic mass is 10.1. The first-order valence-electron chi connectivity index (χ1n) is 5.85. The number of hydrogen-bond acceptors (Lipinski definition) is 4. The zero-order valence-corrected chi connectivity index (χ0v) is 11.3. The Balaban J connectivity index is 2.14. The highest BCUT2D eigenvalue weighted by atomic mass is 35.5. The van der Waals surface area contributed by atoms with Crippen molar-refractivity contribution in [3.8, 4) is 5.75 Å². The molecule has 0 aromatic heterocycles. The number of hydrogen-bond donors (Lipinski definition) is 0. The van der Waals surface area contributed by atoms with Crippen LogP contribution in [-0.2, 0) is 11.2 Å².